The SMILES string of the molecule is O=C(COc1c(F)cccc1[N+](=O)[O-])c1cccc(Br)c1. The Morgan fingerprint density at radius 3 is 2.67 bits per heavy atom. The number of ether oxygens (including phenoxy) is 1. The van der Waals surface area contributed by atoms with Crippen LogP contribution in [0.3, 0.4) is 0 Å². The first-order valence-corrected chi connectivity index (χ1v) is 6.63. The number of para-hydroxylation sites is 1. The minimum absolute atomic E-state index is 0.364. The average Bonchev–Trinajstić information content (AvgIpc) is 2.45. The van der Waals surface area contributed by atoms with Crippen LogP contribution >= 0.6 is 15.9 Å². The largest absolute Gasteiger partial charge is 0.476 e. The number of ketones is 1. The van der Waals surface area contributed by atoms with Gasteiger partial charge in [0, 0.05) is 16.1 Å². The second-order valence-electron chi connectivity index (χ2n) is 4.07. The van der Waals surface area contributed by atoms with Gasteiger partial charge >= 0.3 is 5.69 Å². The Hall–Kier alpha value is -2.28. The summed E-state index contributed by atoms with van der Waals surface area (Å²) in [6, 6.07) is 9.93. The first-order valence-electron chi connectivity index (χ1n) is 5.83. The number of carbonyl (C=O) groups excluding carboxylic acids is 1. The highest BCUT2D eigenvalue weighted by atomic mass is 79.9. The van der Waals surface area contributed by atoms with Gasteiger partial charge in [0.05, 0.1) is 4.92 Å². The highest BCUT2D eigenvalue weighted by Crippen LogP contribution is 2.29. The van der Waals surface area contributed by atoms with E-state index in [-0.39, 0.29) is 0 Å². The summed E-state index contributed by atoms with van der Waals surface area (Å²) in [5, 5.41) is 10.8. The Morgan fingerprint density at radius 2 is 2.00 bits per heavy atom. The van der Waals surface area contributed by atoms with Crippen LogP contribution in [0.25, 0.3) is 0 Å². The van der Waals surface area contributed by atoms with E-state index >= 15 is 0 Å². The number of rotatable bonds is 5. The van der Waals surface area contributed by atoms with Crippen molar-refractivity contribution in [3.63, 3.8) is 0 Å². The Labute approximate surface area is 127 Å². The number of nitro groups is 1. The number of hydrogen-bond acceptors (Lipinski definition) is 4. The molecular weight excluding hydrogens is 345 g/mol. The van der Waals surface area contributed by atoms with Crippen molar-refractivity contribution in [3.8, 4) is 5.75 Å². The zero-order valence-corrected chi connectivity index (χ0v) is 12.2. The summed E-state index contributed by atoms with van der Waals surface area (Å²) < 4.78 is 19.3. The summed E-state index contributed by atoms with van der Waals surface area (Å²) in [6.45, 7) is -0.488. The summed E-state index contributed by atoms with van der Waals surface area (Å²) in [5.41, 5.74) is -0.152. The lowest BCUT2D eigenvalue weighted by Crippen LogP contribution is -2.13. The van der Waals surface area contributed by atoms with Crippen LogP contribution in [0.5, 0.6) is 5.75 Å². The second-order valence-corrected chi connectivity index (χ2v) is 4.98. The number of nitrogens with zero attached hydrogens (tertiary/aromatic N) is 1. The standard InChI is InChI=1S/C14H9BrFNO4/c15-10-4-1-3-9(7-10)13(18)8-21-14-11(16)5-2-6-12(14)17(19)20/h1-7H,8H2. The number of hydrogen-bond donors (Lipinski definition) is 0. The molecule has 0 aromatic heterocycles. The van der Waals surface area contributed by atoms with Crippen molar-refractivity contribution >= 4 is 27.4 Å². The molecule has 108 valence electrons. The molecule has 0 saturated heterocycles. The summed E-state index contributed by atoms with van der Waals surface area (Å²) in [6.07, 6.45) is 0. The van der Waals surface area contributed by atoms with Gasteiger partial charge in [0.25, 0.3) is 0 Å². The van der Waals surface area contributed by atoms with Crippen LogP contribution in [-0.4, -0.2) is 17.3 Å². The van der Waals surface area contributed by atoms with Gasteiger partial charge in [-0.15, -0.1) is 0 Å². The monoisotopic (exact) mass is 353 g/mol. The van der Waals surface area contributed by atoms with Crippen LogP contribution in [-0.2, 0) is 0 Å². The summed E-state index contributed by atoms with van der Waals surface area (Å²) in [5.74, 6) is -1.83. The van der Waals surface area contributed by atoms with Gasteiger partial charge in [-0.3, -0.25) is 14.9 Å². The molecule has 0 N–H and O–H groups in total. The van der Waals surface area contributed by atoms with Gasteiger partial charge in [-0.2, -0.15) is 0 Å². The molecule has 0 atom stereocenters. The van der Waals surface area contributed by atoms with E-state index in [1.165, 1.54) is 6.07 Å². The molecule has 7 heteroatoms. The van der Waals surface area contributed by atoms with E-state index < -0.39 is 34.6 Å². The Morgan fingerprint density at radius 1 is 1.29 bits per heavy atom. The maximum atomic E-state index is 13.6. The van der Waals surface area contributed by atoms with E-state index in [1.807, 2.05) is 0 Å². The maximum absolute atomic E-state index is 13.6. The molecule has 0 heterocycles. The molecule has 5 nitrogen and oxygen atoms in total. The van der Waals surface area contributed by atoms with E-state index in [2.05, 4.69) is 15.9 Å². The van der Waals surface area contributed by atoms with Crippen LogP contribution in [0.1, 0.15) is 10.4 Å². The molecule has 0 aliphatic heterocycles. The smallest absolute Gasteiger partial charge is 0.314 e. The van der Waals surface area contributed by atoms with Crippen LogP contribution in [0.15, 0.2) is 46.9 Å². The third-order valence-corrected chi connectivity index (χ3v) is 3.13. The Balaban J connectivity index is 2.17. The zero-order valence-electron chi connectivity index (χ0n) is 10.6. The third kappa shape index (κ3) is 3.63. The van der Waals surface area contributed by atoms with Crippen molar-refractivity contribution in [1.29, 1.82) is 0 Å². The molecule has 0 aliphatic rings. The fourth-order valence-electron chi connectivity index (χ4n) is 1.67. The predicted octanol–water partition coefficient (Wildman–Crippen LogP) is 3.76. The number of benzene rings is 2. The molecular formula is C14H9BrFNO4. The van der Waals surface area contributed by atoms with Gasteiger partial charge in [0.1, 0.15) is 0 Å². The van der Waals surface area contributed by atoms with E-state index in [1.54, 1.807) is 24.3 Å². The molecule has 0 bridgehead atoms. The van der Waals surface area contributed by atoms with Gasteiger partial charge < -0.3 is 4.74 Å². The van der Waals surface area contributed by atoms with Gasteiger partial charge in [-0.1, -0.05) is 34.1 Å². The molecule has 2 aromatic carbocycles. The lowest BCUT2D eigenvalue weighted by Gasteiger charge is -2.07. The quantitative estimate of drug-likeness (QED) is 0.466. The first-order chi connectivity index (χ1) is 9.99. The number of nitro benzene ring substituents is 1. The van der Waals surface area contributed by atoms with E-state index in [4.69, 9.17) is 4.74 Å². The number of Topliss-reactive ketones (excluding diaryl/α,β-unsaturated/α-hetero) is 1. The molecule has 0 unspecified atom stereocenters. The van der Waals surface area contributed by atoms with Crippen molar-refractivity contribution in [3.05, 3.63) is 68.4 Å². The molecule has 0 fully saturated rings. The molecule has 0 saturated carbocycles. The van der Waals surface area contributed by atoms with E-state index in [0.717, 1.165) is 12.1 Å². The molecule has 0 amide bonds. The first kappa shape index (κ1) is 15.1. The Bertz CT molecular complexity index is 705. The predicted molar refractivity (Wildman–Crippen MR) is 77.0 cm³/mol. The normalized spacial score (nSPS) is 10.2. The lowest BCUT2D eigenvalue weighted by atomic mass is 10.1. The van der Waals surface area contributed by atoms with Crippen molar-refractivity contribution in [2.24, 2.45) is 0 Å². The number of halogens is 2. The fraction of sp³-hybridized carbons (Fsp3) is 0.0714. The van der Waals surface area contributed by atoms with Crippen LogP contribution in [0, 0.1) is 15.9 Å². The summed E-state index contributed by atoms with van der Waals surface area (Å²) in [7, 11) is 0. The molecule has 2 aromatic rings. The Kier molecular flexibility index (Phi) is 4.64. The second kappa shape index (κ2) is 6.45. The maximum Gasteiger partial charge on any atom is 0.314 e. The van der Waals surface area contributed by atoms with Crippen LogP contribution in [0.2, 0.25) is 0 Å². The van der Waals surface area contributed by atoms with Gasteiger partial charge in [0.15, 0.2) is 18.2 Å². The highest BCUT2D eigenvalue weighted by Gasteiger charge is 2.20. The van der Waals surface area contributed by atoms with E-state index in [0.29, 0.717) is 10.0 Å². The van der Waals surface area contributed by atoms with Crippen LogP contribution < -0.4 is 4.74 Å². The van der Waals surface area contributed by atoms with Crippen molar-refractivity contribution < 1.29 is 18.8 Å². The molecule has 0 spiro atoms. The van der Waals surface area contributed by atoms with Crippen molar-refractivity contribution in [2.45, 2.75) is 0 Å². The fourth-order valence-corrected chi connectivity index (χ4v) is 2.07. The molecule has 2 rings (SSSR count). The van der Waals surface area contributed by atoms with Gasteiger partial charge in [-0.25, -0.2) is 4.39 Å². The van der Waals surface area contributed by atoms with Gasteiger partial charge in [0.2, 0.25) is 5.75 Å². The van der Waals surface area contributed by atoms with E-state index in [9.17, 15) is 19.3 Å². The minimum Gasteiger partial charge on any atom is -0.476 e. The van der Waals surface area contributed by atoms with Crippen molar-refractivity contribution in [2.75, 3.05) is 6.61 Å². The number of carbonyl (C=O) groups is 1. The molecule has 0 radical (unpaired) electrons. The van der Waals surface area contributed by atoms with Crippen LogP contribution in [0.4, 0.5) is 10.1 Å². The average molecular weight is 354 g/mol. The highest BCUT2D eigenvalue weighted by molar-refractivity contribution is 9.10. The van der Waals surface area contributed by atoms with Crippen molar-refractivity contribution in [1.82, 2.24) is 0 Å². The van der Waals surface area contributed by atoms with Gasteiger partial charge in [-0.05, 0) is 18.2 Å². The molecule has 21 heavy (non-hydrogen) atoms. The summed E-state index contributed by atoms with van der Waals surface area (Å²) in [4.78, 5) is 22.0. The topological polar surface area (TPSA) is 69.4 Å². The molecule has 0 aliphatic carbocycles. The minimum atomic E-state index is -0.883. The zero-order chi connectivity index (χ0) is 15.4. The summed E-state index contributed by atoms with van der Waals surface area (Å²) >= 11 is 3.23. The third-order valence-electron chi connectivity index (χ3n) is 2.64. The lowest BCUT2D eigenvalue weighted by molar-refractivity contribution is -0.386.